The molecule has 0 saturated carbocycles. The average Bonchev–Trinajstić information content (AvgIpc) is 2.71. The van der Waals surface area contributed by atoms with Gasteiger partial charge >= 0.3 is 35.5 Å². The van der Waals surface area contributed by atoms with Crippen molar-refractivity contribution in [3.05, 3.63) is 56.5 Å². The Morgan fingerprint density at radius 3 is 1.21 bits per heavy atom. The van der Waals surface area contributed by atoms with E-state index in [9.17, 15) is 44.7 Å². The summed E-state index contributed by atoms with van der Waals surface area (Å²) < 4.78 is 113. The number of halogens is 10. The molecule has 0 spiro atoms. The molecule has 0 saturated heterocycles. The number of rotatable bonds is 7. The van der Waals surface area contributed by atoms with Crippen LogP contribution >= 0.6 is 31.9 Å². The Morgan fingerprint density at radius 2 is 0.941 bits per heavy atom. The topological polar surface area (TPSA) is 58.2 Å². The number of carbonyl (C=O) groups excluding carboxylic acids is 2. The van der Waals surface area contributed by atoms with Crippen LogP contribution in [0.4, 0.5) is 46.5 Å². The van der Waals surface area contributed by atoms with Gasteiger partial charge in [-0.1, -0.05) is 12.1 Å². The first kappa shape index (κ1) is 28.0. The first-order chi connectivity index (χ1) is 15.4. The lowest BCUT2D eigenvalue weighted by Crippen LogP contribution is -2.67. The van der Waals surface area contributed by atoms with Crippen molar-refractivity contribution in [1.29, 1.82) is 0 Å². The minimum Gasteiger partial charge on any atom is -0.320 e. The molecule has 0 aliphatic rings. The predicted molar refractivity (Wildman–Crippen MR) is 115 cm³/mol. The van der Waals surface area contributed by atoms with Gasteiger partial charge in [-0.15, -0.1) is 0 Å². The van der Waals surface area contributed by atoms with Gasteiger partial charge in [0.2, 0.25) is 0 Å². The van der Waals surface area contributed by atoms with E-state index in [4.69, 9.17) is 0 Å². The summed E-state index contributed by atoms with van der Waals surface area (Å²) in [5.41, 5.74) is 0.0879. The smallest absolute Gasteiger partial charge is 0.320 e. The summed E-state index contributed by atoms with van der Waals surface area (Å²) >= 11 is 5.71. The molecule has 2 amide bonds. The van der Waals surface area contributed by atoms with E-state index in [1.807, 2.05) is 0 Å². The third-order valence-corrected chi connectivity index (χ3v) is 5.81. The highest BCUT2D eigenvalue weighted by Crippen LogP contribution is 2.53. The fourth-order valence-electron chi connectivity index (χ4n) is 2.52. The summed E-state index contributed by atoms with van der Waals surface area (Å²) in [7, 11) is 0. The summed E-state index contributed by atoms with van der Waals surface area (Å²) in [5, 5.41) is 2.58. The lowest BCUT2D eigenvalue weighted by atomic mass is 9.97. The molecule has 186 valence electrons. The van der Waals surface area contributed by atoms with Crippen molar-refractivity contribution in [1.82, 2.24) is 0 Å². The van der Waals surface area contributed by atoms with Crippen molar-refractivity contribution < 1.29 is 44.7 Å². The van der Waals surface area contributed by atoms with Crippen molar-refractivity contribution in [3.63, 3.8) is 0 Å². The van der Waals surface area contributed by atoms with Crippen LogP contribution in [0.1, 0.15) is 11.1 Å². The molecule has 34 heavy (non-hydrogen) atoms. The Balaban J connectivity index is 2.36. The van der Waals surface area contributed by atoms with Gasteiger partial charge in [0.15, 0.2) is 0 Å². The highest BCUT2D eigenvalue weighted by Gasteiger charge is 2.84. The van der Waals surface area contributed by atoms with E-state index in [2.05, 4.69) is 31.9 Å². The molecule has 0 fully saturated rings. The largest absolute Gasteiger partial charge is 0.393 e. The average molecular weight is 626 g/mol. The zero-order valence-electron chi connectivity index (χ0n) is 17.1. The standard InChI is InChI=1S/C20H14Br2F8N2O2/c1-9-3-5-13(11(21)7-9)31-15(33)17(23,24)19(27,28)20(29,30)18(25,26)16(34)32-14-6-4-10(2)8-12(14)22/h3-8H,1-2H3,(H,31,33)(H,32,34). The SMILES string of the molecule is Cc1ccc(NC(=O)C(F)(F)C(F)(F)C(F)(F)C(F)(F)C(=O)Nc2ccc(C)cc2Br)c(Br)c1. The molecule has 0 radical (unpaired) electrons. The van der Waals surface area contributed by atoms with Crippen LogP contribution in [-0.4, -0.2) is 35.5 Å². The molecule has 0 heterocycles. The Morgan fingerprint density at radius 1 is 0.647 bits per heavy atom. The van der Waals surface area contributed by atoms with Gasteiger partial charge in [0, 0.05) is 8.95 Å². The number of carbonyl (C=O) groups is 2. The maximum atomic E-state index is 14.2. The molecule has 0 atom stereocenters. The van der Waals surface area contributed by atoms with E-state index in [-0.39, 0.29) is 8.95 Å². The third-order valence-electron chi connectivity index (χ3n) is 4.50. The van der Waals surface area contributed by atoms with Gasteiger partial charge < -0.3 is 10.6 Å². The Bertz CT molecular complexity index is 1040. The number of aryl methyl sites for hydroxylation is 2. The summed E-state index contributed by atoms with van der Waals surface area (Å²) in [6.07, 6.45) is 0. The molecule has 2 N–H and O–H groups in total. The van der Waals surface area contributed by atoms with Crippen molar-refractivity contribution in [2.45, 2.75) is 37.5 Å². The van der Waals surface area contributed by atoms with Crippen LogP contribution in [0.3, 0.4) is 0 Å². The molecule has 0 aromatic heterocycles. The van der Waals surface area contributed by atoms with Crippen LogP contribution in [0, 0.1) is 13.8 Å². The van der Waals surface area contributed by atoms with Crippen LogP contribution in [0.5, 0.6) is 0 Å². The maximum Gasteiger partial charge on any atom is 0.393 e. The number of benzene rings is 2. The molecule has 14 heteroatoms. The quantitative estimate of drug-likeness (QED) is 0.327. The summed E-state index contributed by atoms with van der Waals surface area (Å²) in [6.45, 7) is 3.11. The Hall–Kier alpha value is -2.22. The molecule has 2 rings (SSSR count). The Labute approximate surface area is 204 Å². The third kappa shape index (κ3) is 4.92. The van der Waals surface area contributed by atoms with Crippen LogP contribution < -0.4 is 10.6 Å². The normalized spacial score (nSPS) is 12.9. The highest BCUT2D eigenvalue weighted by molar-refractivity contribution is 9.11. The van der Waals surface area contributed by atoms with Crippen LogP contribution in [-0.2, 0) is 9.59 Å². The molecule has 0 aliphatic heterocycles. The zero-order valence-corrected chi connectivity index (χ0v) is 20.2. The summed E-state index contributed by atoms with van der Waals surface area (Å²) in [6, 6.07) is 7.08. The van der Waals surface area contributed by atoms with E-state index >= 15 is 0 Å². The van der Waals surface area contributed by atoms with Crippen LogP contribution in [0.2, 0.25) is 0 Å². The van der Waals surface area contributed by atoms with Gasteiger partial charge in [0.1, 0.15) is 0 Å². The molecule has 4 nitrogen and oxygen atoms in total. The second kappa shape index (κ2) is 9.44. The van der Waals surface area contributed by atoms with Gasteiger partial charge in [-0.2, -0.15) is 35.1 Å². The molecule has 2 aromatic carbocycles. The van der Waals surface area contributed by atoms with E-state index in [1.54, 1.807) is 13.8 Å². The van der Waals surface area contributed by atoms with E-state index < -0.39 is 46.9 Å². The number of hydrogen-bond acceptors (Lipinski definition) is 2. The first-order valence-corrected chi connectivity index (χ1v) is 10.6. The van der Waals surface area contributed by atoms with Crippen molar-refractivity contribution in [3.8, 4) is 0 Å². The molecular weight excluding hydrogens is 612 g/mol. The lowest BCUT2D eigenvalue weighted by molar-refractivity contribution is -0.345. The fraction of sp³-hybridized carbons (Fsp3) is 0.300. The summed E-state index contributed by atoms with van der Waals surface area (Å²) in [4.78, 5) is 23.6. The number of alkyl halides is 8. The molecule has 0 unspecified atom stereocenters. The van der Waals surface area contributed by atoms with Crippen molar-refractivity contribution >= 4 is 55.0 Å². The maximum absolute atomic E-state index is 14.2. The fourth-order valence-corrected chi connectivity index (χ4v) is 3.71. The Kier molecular flexibility index (Phi) is 7.78. The van der Waals surface area contributed by atoms with E-state index in [0.717, 1.165) is 12.1 Å². The first-order valence-electron chi connectivity index (χ1n) is 9.02. The van der Waals surface area contributed by atoms with E-state index in [1.165, 1.54) is 34.9 Å². The second-order valence-electron chi connectivity index (χ2n) is 7.17. The highest BCUT2D eigenvalue weighted by atomic mass is 79.9. The van der Waals surface area contributed by atoms with E-state index in [0.29, 0.717) is 11.1 Å². The summed E-state index contributed by atoms with van der Waals surface area (Å²) in [5.74, 6) is -32.6. The van der Waals surface area contributed by atoms with Gasteiger partial charge in [0.05, 0.1) is 11.4 Å². The number of amides is 2. The number of anilines is 2. The van der Waals surface area contributed by atoms with Crippen molar-refractivity contribution in [2.75, 3.05) is 10.6 Å². The van der Waals surface area contributed by atoms with Gasteiger partial charge in [0.25, 0.3) is 0 Å². The monoisotopic (exact) mass is 624 g/mol. The van der Waals surface area contributed by atoms with Crippen LogP contribution in [0.15, 0.2) is 45.3 Å². The number of nitrogens with one attached hydrogen (secondary N) is 2. The van der Waals surface area contributed by atoms with Gasteiger partial charge in [-0.05, 0) is 81.1 Å². The predicted octanol–water partition coefficient (Wildman–Crippen LogP) is 6.95. The minimum atomic E-state index is -6.98. The minimum absolute atomic E-state index is 0.0693. The zero-order chi connectivity index (χ0) is 26.3. The van der Waals surface area contributed by atoms with Crippen LogP contribution in [0.25, 0.3) is 0 Å². The van der Waals surface area contributed by atoms with Gasteiger partial charge in [-0.3, -0.25) is 9.59 Å². The molecule has 2 aromatic rings. The van der Waals surface area contributed by atoms with Gasteiger partial charge in [-0.25, -0.2) is 0 Å². The molecular formula is C20H14Br2F8N2O2. The molecule has 0 aliphatic carbocycles. The lowest BCUT2D eigenvalue weighted by Gasteiger charge is -2.35. The second-order valence-corrected chi connectivity index (χ2v) is 8.88. The number of hydrogen-bond donors (Lipinski definition) is 2. The van der Waals surface area contributed by atoms with Crippen molar-refractivity contribution in [2.24, 2.45) is 0 Å². The molecule has 0 bridgehead atoms.